The smallest absolute Gasteiger partial charge is 0.123 e. The van der Waals surface area contributed by atoms with Crippen LogP contribution in [-0.2, 0) is 12.0 Å². The van der Waals surface area contributed by atoms with Gasteiger partial charge in [0.25, 0.3) is 0 Å². The maximum Gasteiger partial charge on any atom is 0.123 e. The third-order valence-corrected chi connectivity index (χ3v) is 5.57. The van der Waals surface area contributed by atoms with E-state index in [2.05, 4.69) is 53.5 Å². The highest BCUT2D eigenvalue weighted by molar-refractivity contribution is 5.34. The van der Waals surface area contributed by atoms with Crippen molar-refractivity contribution in [3.8, 4) is 5.75 Å². The van der Waals surface area contributed by atoms with Gasteiger partial charge in [-0.2, -0.15) is 0 Å². The molecule has 2 aromatic rings. The van der Waals surface area contributed by atoms with Gasteiger partial charge in [0.1, 0.15) is 12.4 Å². The summed E-state index contributed by atoms with van der Waals surface area (Å²) in [6.07, 6.45) is 4.30. The van der Waals surface area contributed by atoms with Crippen LogP contribution in [0.25, 0.3) is 0 Å². The summed E-state index contributed by atoms with van der Waals surface area (Å²) in [5, 5.41) is 3.51. The molecule has 0 saturated carbocycles. The molecule has 1 fully saturated rings. The van der Waals surface area contributed by atoms with Crippen LogP contribution in [0, 0.1) is 6.92 Å². The monoisotopic (exact) mass is 337 g/mol. The second-order valence-corrected chi connectivity index (χ2v) is 7.42. The van der Waals surface area contributed by atoms with Crippen molar-refractivity contribution < 1.29 is 4.74 Å². The Morgan fingerprint density at radius 1 is 1.16 bits per heavy atom. The van der Waals surface area contributed by atoms with Gasteiger partial charge in [-0.25, -0.2) is 0 Å². The second kappa shape index (κ2) is 7.14. The molecule has 132 valence electrons. The minimum absolute atomic E-state index is 0.137. The van der Waals surface area contributed by atoms with Gasteiger partial charge >= 0.3 is 0 Å². The molecule has 0 aliphatic carbocycles. The minimum Gasteiger partial charge on any atom is -0.492 e. The van der Waals surface area contributed by atoms with Crippen LogP contribution in [0.4, 0.5) is 0 Å². The van der Waals surface area contributed by atoms with Gasteiger partial charge in [-0.05, 0) is 50.6 Å². The van der Waals surface area contributed by atoms with Crippen molar-refractivity contribution in [3.63, 3.8) is 0 Å². The largest absolute Gasteiger partial charge is 0.492 e. The van der Waals surface area contributed by atoms with Crippen molar-refractivity contribution in [1.29, 1.82) is 0 Å². The highest BCUT2D eigenvalue weighted by Crippen LogP contribution is 2.34. The first-order valence-electron chi connectivity index (χ1n) is 9.32. The van der Waals surface area contributed by atoms with E-state index in [-0.39, 0.29) is 5.41 Å². The fourth-order valence-electron chi connectivity index (χ4n) is 4.13. The molecule has 25 heavy (non-hydrogen) atoms. The van der Waals surface area contributed by atoms with Crippen molar-refractivity contribution in [3.05, 3.63) is 59.4 Å². The number of hydrogen-bond donors (Lipinski definition) is 1. The number of piperidine rings is 1. The molecule has 1 aromatic carbocycles. The maximum atomic E-state index is 5.95. The summed E-state index contributed by atoms with van der Waals surface area (Å²) in [5.74, 6) is 1.04. The van der Waals surface area contributed by atoms with Gasteiger partial charge in [0.05, 0.1) is 0 Å². The highest BCUT2D eigenvalue weighted by Gasteiger charge is 2.37. The molecule has 0 amide bonds. The molecule has 0 bridgehead atoms. The molecule has 3 heterocycles. The zero-order chi connectivity index (χ0) is 17.1. The van der Waals surface area contributed by atoms with E-state index in [1.165, 1.54) is 16.8 Å². The molecule has 0 spiro atoms. The van der Waals surface area contributed by atoms with Crippen LogP contribution in [0.3, 0.4) is 0 Å². The summed E-state index contributed by atoms with van der Waals surface area (Å²) in [4.78, 5) is 7.38. The number of aryl methyl sites for hydroxylation is 1. The Kier molecular flexibility index (Phi) is 4.73. The number of nitrogens with zero attached hydrogens (tertiary/aromatic N) is 2. The summed E-state index contributed by atoms with van der Waals surface area (Å²) in [6.45, 7) is 7.96. The van der Waals surface area contributed by atoms with Gasteiger partial charge in [0.15, 0.2) is 0 Å². The van der Waals surface area contributed by atoms with Gasteiger partial charge in [0, 0.05) is 42.5 Å². The number of ether oxygens (including phenoxy) is 1. The standard InChI is InChI=1S/C21H27N3O/c1-17-6-7-20(23-14-17)21(8-10-22-11-9-21)16-24-12-13-25-19-5-3-2-4-18(19)15-24/h2-7,14,22H,8-13,15-16H2,1H3. The predicted octanol–water partition coefficient (Wildman–Crippen LogP) is 2.91. The van der Waals surface area contributed by atoms with Gasteiger partial charge < -0.3 is 10.1 Å². The number of pyridine rings is 1. The molecule has 1 saturated heterocycles. The van der Waals surface area contributed by atoms with Crippen LogP contribution in [0.2, 0.25) is 0 Å². The number of para-hydroxylation sites is 1. The number of benzene rings is 1. The van der Waals surface area contributed by atoms with E-state index in [0.717, 1.165) is 57.9 Å². The van der Waals surface area contributed by atoms with Gasteiger partial charge in [-0.1, -0.05) is 24.3 Å². The fourth-order valence-corrected chi connectivity index (χ4v) is 4.13. The number of rotatable bonds is 3. The lowest BCUT2D eigenvalue weighted by Crippen LogP contribution is -2.48. The molecule has 1 N–H and O–H groups in total. The summed E-state index contributed by atoms with van der Waals surface area (Å²) >= 11 is 0. The van der Waals surface area contributed by atoms with E-state index in [4.69, 9.17) is 9.72 Å². The Hall–Kier alpha value is -1.91. The van der Waals surface area contributed by atoms with Crippen molar-refractivity contribution in [2.24, 2.45) is 0 Å². The molecule has 4 heteroatoms. The Morgan fingerprint density at radius 2 is 2.00 bits per heavy atom. The van der Waals surface area contributed by atoms with Crippen LogP contribution < -0.4 is 10.1 Å². The normalized spacial score (nSPS) is 20.4. The Morgan fingerprint density at radius 3 is 2.80 bits per heavy atom. The topological polar surface area (TPSA) is 37.4 Å². The third-order valence-electron chi connectivity index (χ3n) is 5.57. The van der Waals surface area contributed by atoms with E-state index >= 15 is 0 Å². The van der Waals surface area contributed by atoms with E-state index in [1.54, 1.807) is 0 Å². The number of nitrogens with one attached hydrogen (secondary N) is 1. The molecule has 4 rings (SSSR count). The molecule has 4 nitrogen and oxygen atoms in total. The lowest BCUT2D eigenvalue weighted by atomic mass is 9.75. The average molecular weight is 337 g/mol. The van der Waals surface area contributed by atoms with Crippen molar-refractivity contribution in [2.45, 2.75) is 31.7 Å². The molecule has 2 aliphatic heterocycles. The fraction of sp³-hybridized carbons (Fsp3) is 0.476. The first-order chi connectivity index (χ1) is 12.3. The summed E-state index contributed by atoms with van der Waals surface area (Å²) < 4.78 is 5.95. The lowest BCUT2D eigenvalue weighted by molar-refractivity contribution is 0.154. The second-order valence-electron chi connectivity index (χ2n) is 7.42. The molecule has 0 atom stereocenters. The summed E-state index contributed by atoms with van der Waals surface area (Å²) in [7, 11) is 0. The van der Waals surface area contributed by atoms with Crippen molar-refractivity contribution in [1.82, 2.24) is 15.2 Å². The molecule has 1 aromatic heterocycles. The first-order valence-corrected chi connectivity index (χ1v) is 9.32. The lowest BCUT2D eigenvalue weighted by Gasteiger charge is -2.40. The summed E-state index contributed by atoms with van der Waals surface area (Å²) in [5.41, 5.74) is 3.90. The highest BCUT2D eigenvalue weighted by atomic mass is 16.5. The number of hydrogen-bond acceptors (Lipinski definition) is 4. The quantitative estimate of drug-likeness (QED) is 0.934. The first kappa shape index (κ1) is 16.6. The number of fused-ring (bicyclic) bond motifs is 1. The van der Waals surface area contributed by atoms with E-state index < -0.39 is 0 Å². The molecule has 0 unspecified atom stereocenters. The average Bonchev–Trinajstić information content (AvgIpc) is 2.84. The van der Waals surface area contributed by atoms with Crippen LogP contribution in [0.15, 0.2) is 42.6 Å². The Bertz CT molecular complexity index is 707. The molecule has 2 aliphatic rings. The van der Waals surface area contributed by atoms with E-state index in [9.17, 15) is 0 Å². The van der Waals surface area contributed by atoms with Gasteiger partial charge in [0.2, 0.25) is 0 Å². The number of aromatic nitrogens is 1. The molecular formula is C21H27N3O. The van der Waals surface area contributed by atoms with Gasteiger partial charge in [-0.15, -0.1) is 0 Å². The SMILES string of the molecule is Cc1ccc(C2(CN3CCOc4ccccc4C3)CCNCC2)nc1. The molecule has 0 radical (unpaired) electrons. The zero-order valence-electron chi connectivity index (χ0n) is 15.0. The third kappa shape index (κ3) is 3.55. The van der Waals surface area contributed by atoms with Crippen LogP contribution in [-0.4, -0.2) is 42.7 Å². The van der Waals surface area contributed by atoms with E-state index in [1.807, 2.05) is 6.20 Å². The van der Waals surface area contributed by atoms with Crippen LogP contribution in [0.1, 0.15) is 29.7 Å². The van der Waals surface area contributed by atoms with Gasteiger partial charge in [-0.3, -0.25) is 9.88 Å². The van der Waals surface area contributed by atoms with Crippen LogP contribution in [0.5, 0.6) is 5.75 Å². The summed E-state index contributed by atoms with van der Waals surface area (Å²) in [6, 6.07) is 12.9. The van der Waals surface area contributed by atoms with Crippen molar-refractivity contribution in [2.75, 3.05) is 32.8 Å². The zero-order valence-corrected chi connectivity index (χ0v) is 15.0. The molecular weight excluding hydrogens is 310 g/mol. The van der Waals surface area contributed by atoms with E-state index in [0.29, 0.717) is 0 Å². The minimum atomic E-state index is 0.137. The Labute approximate surface area is 150 Å². The van der Waals surface area contributed by atoms with Crippen LogP contribution >= 0.6 is 0 Å². The van der Waals surface area contributed by atoms with Crippen molar-refractivity contribution >= 4 is 0 Å². The Balaban J connectivity index is 1.59. The predicted molar refractivity (Wildman–Crippen MR) is 100.0 cm³/mol. The maximum absolute atomic E-state index is 5.95.